The summed E-state index contributed by atoms with van der Waals surface area (Å²) in [4.78, 5) is 28.8. The number of rotatable bonds is 5. The number of anilines is 1. The lowest BCUT2D eigenvalue weighted by Crippen LogP contribution is -2.33. The van der Waals surface area contributed by atoms with Crippen molar-refractivity contribution >= 4 is 17.9 Å². The van der Waals surface area contributed by atoms with Gasteiger partial charge >= 0.3 is 5.97 Å². The first-order valence-corrected chi connectivity index (χ1v) is 6.35. The molecular formula is C12H17N3O4. The Kier molecular flexibility index (Phi) is 4.38. The summed E-state index contributed by atoms with van der Waals surface area (Å²) in [5.74, 6) is -0.529. The van der Waals surface area contributed by atoms with Crippen LogP contribution in [0.1, 0.15) is 30.3 Å². The average Bonchev–Trinajstić information content (AvgIpc) is 3.07. The van der Waals surface area contributed by atoms with Gasteiger partial charge in [-0.15, -0.1) is 0 Å². The van der Waals surface area contributed by atoms with Gasteiger partial charge in [0.05, 0.1) is 13.2 Å². The minimum atomic E-state index is -0.537. The van der Waals surface area contributed by atoms with Crippen LogP contribution in [0.5, 0.6) is 0 Å². The standard InChI is InChI=1S/C12H17N3O4/c1-2-18-11(17)9-8-19-12(14-9)13-7-10(16)15-5-3-4-6-15/h8H,2-7H2,1H3,(H,13,14). The highest BCUT2D eigenvalue weighted by atomic mass is 16.5. The second-order valence-electron chi connectivity index (χ2n) is 4.20. The molecule has 1 amide bonds. The Labute approximate surface area is 110 Å². The fourth-order valence-corrected chi connectivity index (χ4v) is 1.88. The molecule has 1 N–H and O–H groups in total. The molecule has 7 heteroatoms. The molecule has 2 rings (SSSR count). The third kappa shape index (κ3) is 3.46. The third-order valence-electron chi connectivity index (χ3n) is 2.84. The molecule has 104 valence electrons. The average molecular weight is 267 g/mol. The molecule has 1 aliphatic heterocycles. The van der Waals surface area contributed by atoms with E-state index in [1.807, 2.05) is 0 Å². The summed E-state index contributed by atoms with van der Waals surface area (Å²) in [5.41, 5.74) is 0.0953. The Balaban J connectivity index is 1.82. The predicted octanol–water partition coefficient (Wildman–Crippen LogP) is 0.886. The van der Waals surface area contributed by atoms with Gasteiger partial charge in [-0.05, 0) is 19.8 Å². The number of hydrogen-bond donors (Lipinski definition) is 1. The van der Waals surface area contributed by atoms with E-state index in [0.29, 0.717) is 0 Å². The minimum Gasteiger partial charge on any atom is -0.461 e. The molecule has 0 atom stereocenters. The smallest absolute Gasteiger partial charge is 0.360 e. The van der Waals surface area contributed by atoms with Crippen molar-refractivity contribution in [2.75, 3.05) is 31.6 Å². The molecule has 1 saturated heterocycles. The third-order valence-corrected chi connectivity index (χ3v) is 2.84. The number of carbonyl (C=O) groups is 2. The van der Waals surface area contributed by atoms with E-state index in [1.54, 1.807) is 11.8 Å². The number of aromatic nitrogens is 1. The van der Waals surface area contributed by atoms with Gasteiger partial charge in [0.15, 0.2) is 5.69 Å². The second kappa shape index (κ2) is 6.21. The number of esters is 1. The van der Waals surface area contributed by atoms with Crippen molar-refractivity contribution in [3.8, 4) is 0 Å². The van der Waals surface area contributed by atoms with Crippen LogP contribution in [0.2, 0.25) is 0 Å². The molecule has 0 aromatic carbocycles. The molecular weight excluding hydrogens is 250 g/mol. The molecule has 19 heavy (non-hydrogen) atoms. The van der Waals surface area contributed by atoms with Crippen LogP contribution in [-0.2, 0) is 9.53 Å². The monoisotopic (exact) mass is 267 g/mol. The molecule has 1 fully saturated rings. The van der Waals surface area contributed by atoms with E-state index in [-0.39, 0.29) is 30.8 Å². The van der Waals surface area contributed by atoms with Crippen molar-refractivity contribution in [1.82, 2.24) is 9.88 Å². The van der Waals surface area contributed by atoms with Crippen LogP contribution in [-0.4, -0.2) is 48.0 Å². The minimum absolute atomic E-state index is 0.00776. The topological polar surface area (TPSA) is 84.7 Å². The van der Waals surface area contributed by atoms with E-state index in [9.17, 15) is 9.59 Å². The van der Waals surface area contributed by atoms with Gasteiger partial charge in [0, 0.05) is 13.1 Å². The Morgan fingerprint density at radius 3 is 2.89 bits per heavy atom. The molecule has 7 nitrogen and oxygen atoms in total. The normalized spacial score (nSPS) is 14.5. The van der Waals surface area contributed by atoms with Crippen molar-refractivity contribution in [2.24, 2.45) is 0 Å². The van der Waals surface area contributed by atoms with Gasteiger partial charge < -0.3 is 19.4 Å². The molecule has 2 heterocycles. The first kappa shape index (κ1) is 13.4. The lowest BCUT2D eigenvalue weighted by Gasteiger charge is -2.14. The molecule has 0 radical (unpaired) electrons. The SMILES string of the molecule is CCOC(=O)c1coc(NCC(=O)N2CCCC2)n1. The first-order valence-electron chi connectivity index (χ1n) is 6.35. The first-order chi connectivity index (χ1) is 9.20. The maximum absolute atomic E-state index is 11.8. The van der Waals surface area contributed by atoms with Crippen LogP contribution < -0.4 is 5.32 Å². The van der Waals surface area contributed by atoms with Crippen molar-refractivity contribution in [2.45, 2.75) is 19.8 Å². The van der Waals surface area contributed by atoms with E-state index in [1.165, 1.54) is 6.26 Å². The molecule has 0 spiro atoms. The Hall–Kier alpha value is -2.05. The second-order valence-corrected chi connectivity index (χ2v) is 4.20. The summed E-state index contributed by atoms with van der Waals surface area (Å²) >= 11 is 0. The van der Waals surface area contributed by atoms with E-state index >= 15 is 0 Å². The molecule has 1 aromatic heterocycles. The van der Waals surface area contributed by atoms with Crippen molar-refractivity contribution in [3.05, 3.63) is 12.0 Å². The molecule has 0 saturated carbocycles. The van der Waals surface area contributed by atoms with E-state index in [2.05, 4.69) is 10.3 Å². The van der Waals surface area contributed by atoms with Crippen LogP contribution in [0, 0.1) is 0 Å². The highest BCUT2D eigenvalue weighted by Gasteiger charge is 2.18. The van der Waals surface area contributed by atoms with Crippen LogP contribution >= 0.6 is 0 Å². The lowest BCUT2D eigenvalue weighted by atomic mass is 10.4. The summed E-state index contributed by atoms with van der Waals surface area (Å²) in [6, 6.07) is 0.149. The largest absolute Gasteiger partial charge is 0.461 e. The number of oxazole rings is 1. The van der Waals surface area contributed by atoms with Gasteiger partial charge in [-0.1, -0.05) is 0 Å². The van der Waals surface area contributed by atoms with Crippen LogP contribution in [0.15, 0.2) is 10.7 Å². The summed E-state index contributed by atoms with van der Waals surface area (Å²) in [7, 11) is 0. The van der Waals surface area contributed by atoms with Crippen molar-refractivity contribution in [1.29, 1.82) is 0 Å². The molecule has 0 bridgehead atoms. The predicted molar refractivity (Wildman–Crippen MR) is 66.8 cm³/mol. The number of nitrogens with one attached hydrogen (secondary N) is 1. The van der Waals surface area contributed by atoms with E-state index in [0.717, 1.165) is 25.9 Å². The number of nitrogens with zero attached hydrogens (tertiary/aromatic N) is 2. The van der Waals surface area contributed by atoms with E-state index < -0.39 is 5.97 Å². The van der Waals surface area contributed by atoms with Crippen LogP contribution in [0.25, 0.3) is 0 Å². The Morgan fingerprint density at radius 2 is 2.21 bits per heavy atom. The summed E-state index contributed by atoms with van der Waals surface area (Å²) in [6.45, 7) is 3.72. The molecule has 1 aromatic rings. The molecule has 0 aliphatic carbocycles. The highest BCUT2D eigenvalue weighted by molar-refractivity contribution is 5.87. The summed E-state index contributed by atoms with van der Waals surface area (Å²) < 4.78 is 9.84. The number of hydrogen-bond acceptors (Lipinski definition) is 6. The van der Waals surface area contributed by atoms with Gasteiger partial charge in [-0.3, -0.25) is 4.79 Å². The zero-order valence-electron chi connectivity index (χ0n) is 10.8. The quantitative estimate of drug-likeness (QED) is 0.797. The van der Waals surface area contributed by atoms with Gasteiger partial charge in [-0.2, -0.15) is 4.98 Å². The zero-order valence-corrected chi connectivity index (χ0v) is 10.8. The summed E-state index contributed by atoms with van der Waals surface area (Å²) in [5, 5.41) is 2.76. The molecule has 1 aliphatic rings. The molecule has 0 unspecified atom stereocenters. The zero-order chi connectivity index (χ0) is 13.7. The maximum Gasteiger partial charge on any atom is 0.360 e. The number of ether oxygens (including phenoxy) is 1. The Bertz CT molecular complexity index is 452. The maximum atomic E-state index is 11.8. The van der Waals surface area contributed by atoms with Crippen LogP contribution in [0.4, 0.5) is 6.01 Å². The number of carbonyl (C=O) groups excluding carboxylic acids is 2. The van der Waals surface area contributed by atoms with Gasteiger partial charge in [0.2, 0.25) is 5.91 Å². The highest BCUT2D eigenvalue weighted by Crippen LogP contribution is 2.10. The van der Waals surface area contributed by atoms with Gasteiger partial charge in [0.1, 0.15) is 6.26 Å². The fraction of sp³-hybridized carbons (Fsp3) is 0.583. The Morgan fingerprint density at radius 1 is 1.47 bits per heavy atom. The fourth-order valence-electron chi connectivity index (χ4n) is 1.88. The number of amides is 1. The van der Waals surface area contributed by atoms with Crippen molar-refractivity contribution in [3.63, 3.8) is 0 Å². The van der Waals surface area contributed by atoms with Gasteiger partial charge in [-0.25, -0.2) is 4.79 Å². The van der Waals surface area contributed by atoms with Crippen LogP contribution in [0.3, 0.4) is 0 Å². The van der Waals surface area contributed by atoms with E-state index in [4.69, 9.17) is 9.15 Å². The van der Waals surface area contributed by atoms with Crippen molar-refractivity contribution < 1.29 is 18.7 Å². The number of likely N-dealkylation sites (tertiary alicyclic amines) is 1. The lowest BCUT2D eigenvalue weighted by molar-refractivity contribution is -0.128. The van der Waals surface area contributed by atoms with Gasteiger partial charge in [0.25, 0.3) is 6.01 Å². The summed E-state index contributed by atoms with van der Waals surface area (Å²) in [6.07, 6.45) is 3.32.